The van der Waals surface area contributed by atoms with Gasteiger partial charge in [0.05, 0.1) is 6.20 Å². The van der Waals surface area contributed by atoms with Crippen LogP contribution in [0.4, 0.5) is 0 Å². The number of hydrogen-bond acceptors (Lipinski definition) is 4. The van der Waals surface area contributed by atoms with Crippen LogP contribution >= 0.6 is 11.3 Å². The highest BCUT2D eigenvalue weighted by Crippen LogP contribution is 2.17. The highest BCUT2D eigenvalue weighted by molar-refractivity contribution is 7.89. The van der Waals surface area contributed by atoms with E-state index in [1.165, 1.54) is 23.6 Å². The van der Waals surface area contributed by atoms with Crippen LogP contribution < -0.4 is 4.72 Å². The number of thiophene rings is 1. The fraction of sp³-hybridized carbons (Fsp3) is 0.222. The summed E-state index contributed by atoms with van der Waals surface area (Å²) in [5.74, 6) is 0. The second kappa shape index (κ2) is 4.36. The van der Waals surface area contributed by atoms with E-state index < -0.39 is 10.0 Å². The molecular formula is C9H11N3O2S2. The first-order valence-corrected chi connectivity index (χ1v) is 7.06. The van der Waals surface area contributed by atoms with Gasteiger partial charge in [0.15, 0.2) is 5.03 Å². The summed E-state index contributed by atoms with van der Waals surface area (Å²) in [6.07, 6.45) is 1.41. The Morgan fingerprint density at radius 3 is 2.88 bits per heavy atom. The van der Waals surface area contributed by atoms with E-state index in [1.54, 1.807) is 6.92 Å². The molecule has 0 amide bonds. The van der Waals surface area contributed by atoms with Gasteiger partial charge in [0.25, 0.3) is 10.0 Å². The van der Waals surface area contributed by atoms with E-state index in [4.69, 9.17) is 0 Å². The molecule has 2 rings (SSSR count). The van der Waals surface area contributed by atoms with Crippen molar-refractivity contribution in [1.82, 2.24) is 14.9 Å². The maximum absolute atomic E-state index is 11.8. The van der Waals surface area contributed by atoms with Gasteiger partial charge in [-0.2, -0.15) is 16.4 Å². The average molecular weight is 257 g/mol. The zero-order chi connectivity index (χ0) is 11.6. The average Bonchev–Trinajstić information content (AvgIpc) is 2.91. The second-order valence-electron chi connectivity index (χ2n) is 3.32. The molecule has 7 heteroatoms. The van der Waals surface area contributed by atoms with Crippen molar-refractivity contribution in [2.24, 2.45) is 0 Å². The van der Waals surface area contributed by atoms with E-state index in [-0.39, 0.29) is 11.1 Å². The molecule has 0 spiro atoms. The number of aromatic nitrogens is 2. The minimum absolute atomic E-state index is 0.0783. The molecule has 86 valence electrons. The zero-order valence-corrected chi connectivity index (χ0v) is 10.2. The standard InChI is InChI=1S/C9H11N3O2S2/c1-7(8-3-5-15-6-8)12-16(13,14)9-2-4-10-11-9/h2-7,12H,1H3,(H,10,11). The van der Waals surface area contributed by atoms with Gasteiger partial charge >= 0.3 is 0 Å². The van der Waals surface area contributed by atoms with Crippen molar-refractivity contribution in [1.29, 1.82) is 0 Å². The highest BCUT2D eigenvalue weighted by atomic mass is 32.2. The lowest BCUT2D eigenvalue weighted by Gasteiger charge is -2.11. The first-order chi connectivity index (χ1) is 7.59. The van der Waals surface area contributed by atoms with Gasteiger partial charge in [0, 0.05) is 6.04 Å². The molecule has 1 atom stereocenters. The van der Waals surface area contributed by atoms with Crippen molar-refractivity contribution in [2.45, 2.75) is 18.0 Å². The van der Waals surface area contributed by atoms with E-state index in [9.17, 15) is 8.42 Å². The lowest BCUT2D eigenvalue weighted by Crippen LogP contribution is -2.26. The van der Waals surface area contributed by atoms with Crippen molar-refractivity contribution in [3.63, 3.8) is 0 Å². The third kappa shape index (κ3) is 2.31. The van der Waals surface area contributed by atoms with Crippen LogP contribution in [-0.2, 0) is 10.0 Å². The predicted molar refractivity (Wildman–Crippen MR) is 61.6 cm³/mol. The van der Waals surface area contributed by atoms with Crippen LogP contribution in [0.3, 0.4) is 0 Å². The molecular weight excluding hydrogens is 246 g/mol. The summed E-state index contributed by atoms with van der Waals surface area (Å²) >= 11 is 1.54. The molecule has 0 aliphatic heterocycles. The SMILES string of the molecule is CC(NS(=O)(=O)c1ccn[nH]1)c1ccsc1. The Hall–Kier alpha value is -1.18. The van der Waals surface area contributed by atoms with Gasteiger partial charge in [-0.05, 0) is 35.4 Å². The van der Waals surface area contributed by atoms with Gasteiger partial charge < -0.3 is 0 Å². The van der Waals surface area contributed by atoms with E-state index >= 15 is 0 Å². The molecule has 2 heterocycles. The molecule has 0 bridgehead atoms. The number of aromatic amines is 1. The molecule has 16 heavy (non-hydrogen) atoms. The lowest BCUT2D eigenvalue weighted by molar-refractivity contribution is 0.563. The molecule has 2 aromatic heterocycles. The van der Waals surface area contributed by atoms with Gasteiger partial charge in [0.2, 0.25) is 0 Å². The van der Waals surface area contributed by atoms with Crippen molar-refractivity contribution in [2.75, 3.05) is 0 Å². The van der Waals surface area contributed by atoms with Crippen molar-refractivity contribution >= 4 is 21.4 Å². The van der Waals surface area contributed by atoms with Crippen molar-refractivity contribution in [3.8, 4) is 0 Å². The Morgan fingerprint density at radius 2 is 2.31 bits per heavy atom. The molecule has 0 radical (unpaired) electrons. The Kier molecular flexibility index (Phi) is 3.08. The molecule has 0 aromatic carbocycles. The summed E-state index contributed by atoms with van der Waals surface area (Å²) in [5, 5.41) is 9.95. The molecule has 0 saturated carbocycles. The number of hydrogen-bond donors (Lipinski definition) is 2. The third-order valence-corrected chi connectivity index (χ3v) is 4.31. The minimum Gasteiger partial charge on any atom is -0.266 e. The van der Waals surface area contributed by atoms with Gasteiger partial charge in [-0.25, -0.2) is 13.1 Å². The maximum Gasteiger partial charge on any atom is 0.258 e. The molecule has 2 N–H and O–H groups in total. The Morgan fingerprint density at radius 1 is 1.50 bits per heavy atom. The number of nitrogens with zero attached hydrogens (tertiary/aromatic N) is 1. The van der Waals surface area contributed by atoms with Crippen LogP contribution in [0.2, 0.25) is 0 Å². The van der Waals surface area contributed by atoms with Crippen LogP contribution in [0.5, 0.6) is 0 Å². The van der Waals surface area contributed by atoms with E-state index in [2.05, 4.69) is 14.9 Å². The van der Waals surface area contributed by atoms with Gasteiger partial charge in [-0.15, -0.1) is 0 Å². The van der Waals surface area contributed by atoms with E-state index in [0.717, 1.165) is 5.56 Å². The van der Waals surface area contributed by atoms with Crippen LogP contribution in [0.15, 0.2) is 34.1 Å². The molecule has 1 unspecified atom stereocenters. The van der Waals surface area contributed by atoms with Crippen molar-refractivity contribution < 1.29 is 8.42 Å². The largest absolute Gasteiger partial charge is 0.266 e. The molecule has 0 aliphatic rings. The summed E-state index contributed by atoms with van der Waals surface area (Å²) in [7, 11) is -3.51. The zero-order valence-electron chi connectivity index (χ0n) is 8.54. The van der Waals surface area contributed by atoms with Crippen LogP contribution in [0, 0.1) is 0 Å². The third-order valence-electron chi connectivity index (χ3n) is 2.14. The Balaban J connectivity index is 2.16. The highest BCUT2D eigenvalue weighted by Gasteiger charge is 2.19. The first-order valence-electron chi connectivity index (χ1n) is 4.63. The van der Waals surface area contributed by atoms with E-state index in [1.807, 2.05) is 16.8 Å². The number of rotatable bonds is 4. The maximum atomic E-state index is 11.8. The normalized spacial score (nSPS) is 13.8. The quantitative estimate of drug-likeness (QED) is 0.871. The van der Waals surface area contributed by atoms with Crippen LogP contribution in [0.25, 0.3) is 0 Å². The number of H-pyrrole nitrogens is 1. The van der Waals surface area contributed by atoms with Gasteiger partial charge in [-0.1, -0.05) is 0 Å². The summed E-state index contributed by atoms with van der Waals surface area (Å²) in [6, 6.07) is 3.06. The smallest absolute Gasteiger partial charge is 0.258 e. The minimum atomic E-state index is -3.51. The molecule has 0 fully saturated rings. The summed E-state index contributed by atoms with van der Waals surface area (Å²) in [4.78, 5) is 0. The fourth-order valence-corrected chi connectivity index (χ4v) is 3.17. The second-order valence-corrected chi connectivity index (χ2v) is 5.78. The topological polar surface area (TPSA) is 74.8 Å². The van der Waals surface area contributed by atoms with E-state index in [0.29, 0.717) is 0 Å². The molecule has 0 saturated heterocycles. The molecule has 0 aliphatic carbocycles. The first kappa shape index (κ1) is 11.3. The Labute approximate surface area is 97.6 Å². The summed E-state index contributed by atoms with van der Waals surface area (Å²) < 4.78 is 26.2. The Bertz CT molecular complexity index is 531. The lowest BCUT2D eigenvalue weighted by atomic mass is 10.2. The van der Waals surface area contributed by atoms with Crippen LogP contribution in [-0.4, -0.2) is 18.6 Å². The van der Waals surface area contributed by atoms with Gasteiger partial charge in [-0.3, -0.25) is 5.10 Å². The fourth-order valence-electron chi connectivity index (χ4n) is 1.28. The summed E-state index contributed by atoms with van der Waals surface area (Å²) in [6.45, 7) is 1.80. The molecule has 5 nitrogen and oxygen atoms in total. The molecule has 2 aromatic rings. The van der Waals surface area contributed by atoms with Crippen LogP contribution in [0.1, 0.15) is 18.5 Å². The van der Waals surface area contributed by atoms with Crippen molar-refractivity contribution in [3.05, 3.63) is 34.7 Å². The number of sulfonamides is 1. The summed E-state index contributed by atoms with van der Waals surface area (Å²) in [5.41, 5.74) is 0.952. The van der Waals surface area contributed by atoms with Gasteiger partial charge in [0.1, 0.15) is 0 Å². The number of nitrogens with one attached hydrogen (secondary N) is 2. The monoisotopic (exact) mass is 257 g/mol. The predicted octanol–water partition coefficient (Wildman–Crippen LogP) is 1.51.